The van der Waals surface area contributed by atoms with Crippen LogP contribution in [0.25, 0.3) is 0 Å². The third kappa shape index (κ3) is 4.06. The second kappa shape index (κ2) is 7.29. The van der Waals surface area contributed by atoms with E-state index < -0.39 is 0 Å². The molecule has 0 saturated heterocycles. The van der Waals surface area contributed by atoms with Gasteiger partial charge in [0.2, 0.25) is 0 Å². The van der Waals surface area contributed by atoms with Gasteiger partial charge in [-0.3, -0.25) is 0 Å². The van der Waals surface area contributed by atoms with Crippen molar-refractivity contribution >= 4 is 5.97 Å². The molecule has 0 heterocycles. The molecule has 0 N–H and O–H groups in total. The Kier molecular flexibility index (Phi) is 6.03. The van der Waals surface area contributed by atoms with Crippen LogP contribution in [-0.4, -0.2) is 36.7 Å². The number of quaternary nitrogens is 1. The Labute approximate surface area is 116 Å². The Balaban J connectivity index is 2.79. The molecule has 1 rings (SSSR count). The summed E-state index contributed by atoms with van der Waals surface area (Å²) < 4.78 is 6.07. The Morgan fingerprint density at radius 1 is 1.00 bits per heavy atom. The van der Waals surface area contributed by atoms with E-state index in [1.807, 2.05) is 31.2 Å². The quantitative estimate of drug-likeness (QED) is 0.558. The summed E-state index contributed by atoms with van der Waals surface area (Å²) >= 11 is 0. The first kappa shape index (κ1) is 15.7. The van der Waals surface area contributed by atoms with Crippen LogP contribution in [0.2, 0.25) is 0 Å². The zero-order chi connectivity index (χ0) is 14.3. The summed E-state index contributed by atoms with van der Waals surface area (Å²) in [5.41, 5.74) is 1.91. The number of hydrogen-bond donors (Lipinski definition) is 0. The van der Waals surface area contributed by atoms with Gasteiger partial charge < -0.3 is 9.22 Å². The zero-order valence-electron chi connectivity index (χ0n) is 12.6. The van der Waals surface area contributed by atoms with Crippen LogP contribution >= 0.6 is 0 Å². The summed E-state index contributed by atoms with van der Waals surface area (Å²) in [5.74, 6) is -0.240. The molecule has 0 saturated carbocycles. The Morgan fingerprint density at radius 2 is 1.53 bits per heavy atom. The van der Waals surface area contributed by atoms with E-state index in [9.17, 15) is 4.79 Å². The first-order chi connectivity index (χ1) is 9.10. The maximum absolute atomic E-state index is 11.6. The van der Waals surface area contributed by atoms with Gasteiger partial charge in [-0.2, -0.15) is 0 Å². The summed E-state index contributed by atoms with van der Waals surface area (Å²) in [6, 6.07) is 7.81. The second-order valence-corrected chi connectivity index (χ2v) is 4.87. The van der Waals surface area contributed by atoms with Gasteiger partial charge in [0.15, 0.2) is 0 Å². The highest BCUT2D eigenvalue weighted by atomic mass is 16.5. The number of esters is 1. The van der Waals surface area contributed by atoms with E-state index in [1.165, 1.54) is 5.56 Å². The molecule has 1 aromatic rings. The molecular formula is C16H26NO2+. The van der Waals surface area contributed by atoms with Crippen LogP contribution in [0.5, 0.6) is 0 Å². The monoisotopic (exact) mass is 264 g/mol. The zero-order valence-corrected chi connectivity index (χ0v) is 12.6. The SMILES string of the molecule is CCOC(=O)c1ccc(C[N+](CC)(CC)CC)cc1. The minimum atomic E-state index is -0.240. The highest BCUT2D eigenvalue weighted by Gasteiger charge is 2.21. The molecule has 0 aliphatic carbocycles. The van der Waals surface area contributed by atoms with Gasteiger partial charge in [0.25, 0.3) is 0 Å². The van der Waals surface area contributed by atoms with E-state index in [-0.39, 0.29) is 5.97 Å². The van der Waals surface area contributed by atoms with Crippen LogP contribution in [0.1, 0.15) is 43.6 Å². The lowest BCUT2D eigenvalue weighted by molar-refractivity contribution is -0.936. The maximum Gasteiger partial charge on any atom is 0.338 e. The molecule has 0 aromatic heterocycles. The van der Waals surface area contributed by atoms with Gasteiger partial charge in [-0.1, -0.05) is 12.1 Å². The largest absolute Gasteiger partial charge is 0.462 e. The van der Waals surface area contributed by atoms with Crippen molar-refractivity contribution in [3.8, 4) is 0 Å². The van der Waals surface area contributed by atoms with Crippen molar-refractivity contribution in [2.45, 2.75) is 34.2 Å². The molecule has 19 heavy (non-hydrogen) atoms. The number of rotatable bonds is 7. The van der Waals surface area contributed by atoms with E-state index in [4.69, 9.17) is 4.74 Å². The fourth-order valence-corrected chi connectivity index (χ4v) is 2.35. The Hall–Kier alpha value is -1.35. The summed E-state index contributed by atoms with van der Waals surface area (Å²) in [7, 11) is 0. The predicted molar refractivity (Wildman–Crippen MR) is 78.0 cm³/mol. The fraction of sp³-hybridized carbons (Fsp3) is 0.562. The molecular weight excluding hydrogens is 238 g/mol. The summed E-state index contributed by atoms with van der Waals surface area (Å²) in [6.07, 6.45) is 0. The molecule has 3 nitrogen and oxygen atoms in total. The summed E-state index contributed by atoms with van der Waals surface area (Å²) in [5, 5.41) is 0. The number of carbonyl (C=O) groups excluding carboxylic acids is 1. The lowest BCUT2D eigenvalue weighted by atomic mass is 10.1. The van der Waals surface area contributed by atoms with Crippen molar-refractivity contribution in [1.29, 1.82) is 0 Å². The van der Waals surface area contributed by atoms with E-state index >= 15 is 0 Å². The van der Waals surface area contributed by atoms with Gasteiger partial charge in [0.1, 0.15) is 6.54 Å². The number of carbonyl (C=O) groups is 1. The molecule has 106 valence electrons. The molecule has 0 radical (unpaired) electrons. The van der Waals surface area contributed by atoms with Crippen molar-refractivity contribution in [3.05, 3.63) is 35.4 Å². The Morgan fingerprint density at radius 3 is 1.95 bits per heavy atom. The molecule has 0 aliphatic rings. The fourth-order valence-electron chi connectivity index (χ4n) is 2.35. The van der Waals surface area contributed by atoms with Gasteiger partial charge in [0, 0.05) is 5.56 Å². The highest BCUT2D eigenvalue weighted by Crippen LogP contribution is 2.15. The number of nitrogens with zero attached hydrogens (tertiary/aromatic N) is 1. The molecule has 0 aliphatic heterocycles. The molecule has 0 atom stereocenters. The van der Waals surface area contributed by atoms with Crippen molar-refractivity contribution < 1.29 is 14.0 Å². The van der Waals surface area contributed by atoms with E-state index in [2.05, 4.69) is 20.8 Å². The molecule has 0 unspecified atom stereocenters. The minimum absolute atomic E-state index is 0.240. The molecule has 3 heteroatoms. The van der Waals surface area contributed by atoms with Crippen molar-refractivity contribution in [2.75, 3.05) is 26.2 Å². The third-order valence-electron chi connectivity index (χ3n) is 4.00. The number of benzene rings is 1. The number of ether oxygens (including phenoxy) is 1. The second-order valence-electron chi connectivity index (χ2n) is 4.87. The first-order valence-electron chi connectivity index (χ1n) is 7.22. The van der Waals surface area contributed by atoms with Crippen LogP contribution in [0, 0.1) is 0 Å². The van der Waals surface area contributed by atoms with Crippen molar-refractivity contribution in [3.63, 3.8) is 0 Å². The molecule has 0 bridgehead atoms. The smallest absolute Gasteiger partial charge is 0.338 e. The van der Waals surface area contributed by atoms with Gasteiger partial charge in [0.05, 0.1) is 31.8 Å². The topological polar surface area (TPSA) is 26.3 Å². The van der Waals surface area contributed by atoms with Gasteiger partial charge >= 0.3 is 5.97 Å². The highest BCUT2D eigenvalue weighted by molar-refractivity contribution is 5.89. The van der Waals surface area contributed by atoms with Crippen LogP contribution in [-0.2, 0) is 11.3 Å². The van der Waals surface area contributed by atoms with Crippen molar-refractivity contribution in [2.24, 2.45) is 0 Å². The summed E-state index contributed by atoms with van der Waals surface area (Å²) in [4.78, 5) is 11.6. The van der Waals surface area contributed by atoms with E-state index in [0.29, 0.717) is 12.2 Å². The normalized spacial score (nSPS) is 11.4. The van der Waals surface area contributed by atoms with Crippen LogP contribution in [0.15, 0.2) is 24.3 Å². The van der Waals surface area contributed by atoms with Gasteiger partial charge in [-0.05, 0) is 39.8 Å². The van der Waals surface area contributed by atoms with Gasteiger partial charge in [-0.15, -0.1) is 0 Å². The van der Waals surface area contributed by atoms with Crippen LogP contribution < -0.4 is 0 Å². The van der Waals surface area contributed by atoms with Crippen LogP contribution in [0.4, 0.5) is 0 Å². The van der Waals surface area contributed by atoms with Crippen molar-refractivity contribution in [1.82, 2.24) is 0 Å². The van der Waals surface area contributed by atoms with E-state index in [1.54, 1.807) is 0 Å². The lowest BCUT2D eigenvalue weighted by Gasteiger charge is -2.35. The van der Waals surface area contributed by atoms with Crippen LogP contribution in [0.3, 0.4) is 0 Å². The minimum Gasteiger partial charge on any atom is -0.462 e. The molecule has 0 amide bonds. The maximum atomic E-state index is 11.6. The molecule has 0 fully saturated rings. The average Bonchev–Trinajstić information content (AvgIpc) is 2.46. The lowest BCUT2D eigenvalue weighted by Crippen LogP contribution is -2.46. The Bertz CT molecular complexity index is 385. The first-order valence-corrected chi connectivity index (χ1v) is 7.22. The van der Waals surface area contributed by atoms with E-state index in [0.717, 1.165) is 30.7 Å². The average molecular weight is 264 g/mol. The standard InChI is InChI=1S/C16H26NO2/c1-5-17(6-2,7-3)13-14-9-11-15(12-10-14)16(18)19-8-4/h9-12H,5-8,13H2,1-4H3/q+1. The summed E-state index contributed by atoms with van der Waals surface area (Å²) in [6.45, 7) is 13.4. The molecule has 1 aromatic carbocycles. The predicted octanol–water partition coefficient (Wildman–Crippen LogP) is 3.24. The third-order valence-corrected chi connectivity index (χ3v) is 4.00. The van der Waals surface area contributed by atoms with Gasteiger partial charge in [-0.25, -0.2) is 4.79 Å². The molecule has 0 spiro atoms. The number of hydrogen-bond acceptors (Lipinski definition) is 2.